The smallest absolute Gasteiger partial charge is 0.356 e. The fraction of sp³-hybridized carbons (Fsp3) is 0.273. The van der Waals surface area contributed by atoms with Crippen LogP contribution in [0.3, 0.4) is 0 Å². The number of carbonyl (C=O) groups is 1. The van der Waals surface area contributed by atoms with Gasteiger partial charge in [0.2, 0.25) is 5.95 Å². The van der Waals surface area contributed by atoms with E-state index in [-0.39, 0.29) is 22.5 Å². The second-order valence-corrected chi connectivity index (χ2v) is 6.64. The van der Waals surface area contributed by atoms with E-state index in [0.717, 1.165) is 11.3 Å². The number of thiophene rings is 1. The number of nitrogens with zero attached hydrogens (tertiary/aromatic N) is 2. The van der Waals surface area contributed by atoms with Gasteiger partial charge >= 0.3 is 5.97 Å². The second-order valence-electron chi connectivity index (χ2n) is 3.78. The maximum Gasteiger partial charge on any atom is 0.356 e. The highest BCUT2D eigenvalue weighted by atomic mass is 32.2. The molecule has 0 saturated carbocycles. The number of hydrogen-bond donors (Lipinski definition) is 1. The van der Waals surface area contributed by atoms with Gasteiger partial charge in [-0.2, -0.15) is 0 Å². The van der Waals surface area contributed by atoms with Crippen molar-refractivity contribution in [2.75, 3.05) is 11.3 Å². The summed E-state index contributed by atoms with van der Waals surface area (Å²) in [5.41, 5.74) is 0.177. The van der Waals surface area contributed by atoms with Crippen LogP contribution in [0.1, 0.15) is 17.4 Å². The molecule has 2 aromatic heterocycles. The number of sulfonamides is 1. The van der Waals surface area contributed by atoms with Crippen LogP contribution in [0.5, 0.6) is 0 Å². The minimum Gasteiger partial charge on any atom is -0.461 e. The van der Waals surface area contributed by atoms with E-state index in [4.69, 9.17) is 4.74 Å². The molecule has 0 aliphatic carbocycles. The van der Waals surface area contributed by atoms with Gasteiger partial charge in [-0.3, -0.25) is 0 Å². The van der Waals surface area contributed by atoms with E-state index in [9.17, 15) is 13.2 Å². The molecule has 108 valence electrons. The number of ether oxygens (including phenoxy) is 1. The van der Waals surface area contributed by atoms with E-state index in [1.165, 1.54) is 23.9 Å². The standard InChI is InChI=1S/C11H13N3O4S2/c1-3-18-10(15)8-7-12-11(14(8)2)13-20(16,17)9-5-4-6-19-9/h4-7H,3H2,1-2H3,(H,12,13). The van der Waals surface area contributed by atoms with Gasteiger partial charge in [-0.15, -0.1) is 11.3 Å². The molecule has 9 heteroatoms. The predicted octanol–water partition coefficient (Wildman–Crippen LogP) is 1.46. The lowest BCUT2D eigenvalue weighted by atomic mass is 10.5. The second kappa shape index (κ2) is 5.63. The van der Waals surface area contributed by atoms with E-state index < -0.39 is 16.0 Å². The molecular weight excluding hydrogens is 302 g/mol. The lowest BCUT2D eigenvalue weighted by Gasteiger charge is -2.07. The molecule has 0 amide bonds. The molecule has 0 spiro atoms. The summed E-state index contributed by atoms with van der Waals surface area (Å²) >= 11 is 1.10. The average molecular weight is 315 g/mol. The van der Waals surface area contributed by atoms with Crippen molar-refractivity contribution in [1.29, 1.82) is 0 Å². The molecule has 0 unspecified atom stereocenters. The first-order valence-corrected chi connectivity index (χ1v) is 8.07. The number of carbonyl (C=O) groups excluding carboxylic acids is 1. The highest BCUT2D eigenvalue weighted by Gasteiger charge is 2.21. The van der Waals surface area contributed by atoms with Gasteiger partial charge in [0.1, 0.15) is 9.90 Å². The van der Waals surface area contributed by atoms with Gasteiger partial charge in [-0.05, 0) is 18.4 Å². The summed E-state index contributed by atoms with van der Waals surface area (Å²) in [5.74, 6) is -0.495. The van der Waals surface area contributed by atoms with Crippen molar-refractivity contribution in [3.05, 3.63) is 29.4 Å². The van der Waals surface area contributed by atoms with Crippen molar-refractivity contribution < 1.29 is 17.9 Å². The summed E-state index contributed by atoms with van der Waals surface area (Å²) in [7, 11) is -2.15. The van der Waals surface area contributed by atoms with Crippen molar-refractivity contribution in [3.63, 3.8) is 0 Å². The Hall–Kier alpha value is -1.87. The van der Waals surface area contributed by atoms with Gasteiger partial charge in [-0.25, -0.2) is 22.9 Å². The average Bonchev–Trinajstić information content (AvgIpc) is 3.01. The monoisotopic (exact) mass is 315 g/mol. The third kappa shape index (κ3) is 2.83. The molecule has 0 fully saturated rings. The third-order valence-electron chi connectivity index (χ3n) is 2.46. The number of hydrogen-bond acceptors (Lipinski definition) is 6. The Balaban J connectivity index is 2.26. The summed E-state index contributed by atoms with van der Waals surface area (Å²) in [6, 6.07) is 3.13. The van der Waals surface area contributed by atoms with Gasteiger partial charge < -0.3 is 9.30 Å². The van der Waals surface area contributed by atoms with E-state index in [0.29, 0.717) is 0 Å². The minimum absolute atomic E-state index is 0.0569. The topological polar surface area (TPSA) is 90.3 Å². The zero-order chi connectivity index (χ0) is 14.8. The van der Waals surface area contributed by atoms with Gasteiger partial charge in [0, 0.05) is 7.05 Å². The Morgan fingerprint density at radius 2 is 2.30 bits per heavy atom. The molecular formula is C11H13N3O4S2. The molecule has 0 aliphatic rings. The lowest BCUT2D eigenvalue weighted by Crippen LogP contribution is -2.16. The van der Waals surface area contributed by atoms with E-state index >= 15 is 0 Å². The van der Waals surface area contributed by atoms with Crippen LogP contribution >= 0.6 is 11.3 Å². The number of nitrogens with one attached hydrogen (secondary N) is 1. The molecule has 0 aliphatic heterocycles. The van der Waals surface area contributed by atoms with Gasteiger partial charge in [0.15, 0.2) is 0 Å². The number of imidazole rings is 1. The normalized spacial score (nSPS) is 11.3. The fourth-order valence-corrected chi connectivity index (χ4v) is 3.52. The molecule has 20 heavy (non-hydrogen) atoms. The Bertz CT molecular complexity index is 704. The van der Waals surface area contributed by atoms with Gasteiger partial charge in [0.25, 0.3) is 10.0 Å². The van der Waals surface area contributed by atoms with Crippen LogP contribution in [-0.4, -0.2) is 30.5 Å². The third-order valence-corrected chi connectivity index (χ3v) is 5.18. The number of anilines is 1. The lowest BCUT2D eigenvalue weighted by molar-refractivity contribution is 0.0515. The Morgan fingerprint density at radius 3 is 2.90 bits per heavy atom. The van der Waals surface area contributed by atoms with Crippen LogP contribution in [0.25, 0.3) is 0 Å². The largest absolute Gasteiger partial charge is 0.461 e. The van der Waals surface area contributed by atoms with Crippen molar-refractivity contribution in [1.82, 2.24) is 9.55 Å². The zero-order valence-electron chi connectivity index (χ0n) is 10.9. The molecule has 2 heterocycles. The highest BCUT2D eigenvalue weighted by molar-refractivity contribution is 7.94. The molecule has 2 rings (SSSR count). The van der Waals surface area contributed by atoms with Crippen molar-refractivity contribution >= 4 is 33.3 Å². The van der Waals surface area contributed by atoms with Crippen LogP contribution in [0, 0.1) is 0 Å². The molecule has 0 radical (unpaired) electrons. The molecule has 2 aromatic rings. The fourth-order valence-electron chi connectivity index (χ4n) is 1.49. The summed E-state index contributed by atoms with van der Waals surface area (Å²) < 4.78 is 32.8. The van der Waals surface area contributed by atoms with Crippen molar-refractivity contribution in [2.24, 2.45) is 7.05 Å². The van der Waals surface area contributed by atoms with E-state index in [1.807, 2.05) is 0 Å². The first-order chi connectivity index (χ1) is 9.45. The molecule has 0 saturated heterocycles. The van der Waals surface area contributed by atoms with Crippen LogP contribution in [0.2, 0.25) is 0 Å². The summed E-state index contributed by atoms with van der Waals surface area (Å²) in [4.78, 5) is 15.5. The van der Waals surface area contributed by atoms with Crippen molar-refractivity contribution in [2.45, 2.75) is 11.1 Å². The highest BCUT2D eigenvalue weighted by Crippen LogP contribution is 2.20. The first-order valence-electron chi connectivity index (χ1n) is 5.71. The summed E-state index contributed by atoms with van der Waals surface area (Å²) in [5, 5.41) is 1.66. The maximum atomic E-state index is 12.0. The molecule has 0 aromatic carbocycles. The quantitative estimate of drug-likeness (QED) is 0.844. The van der Waals surface area contributed by atoms with Crippen LogP contribution in [-0.2, 0) is 21.8 Å². The molecule has 0 atom stereocenters. The van der Waals surface area contributed by atoms with Crippen molar-refractivity contribution in [3.8, 4) is 0 Å². The Kier molecular flexibility index (Phi) is 4.09. The summed E-state index contributed by atoms with van der Waals surface area (Å²) in [6.45, 7) is 1.93. The van der Waals surface area contributed by atoms with Crippen LogP contribution in [0.4, 0.5) is 5.95 Å². The number of aromatic nitrogens is 2. The van der Waals surface area contributed by atoms with Gasteiger partial charge in [-0.1, -0.05) is 6.07 Å². The van der Waals surface area contributed by atoms with E-state index in [1.54, 1.807) is 18.4 Å². The Labute approximate surface area is 120 Å². The Morgan fingerprint density at radius 1 is 1.55 bits per heavy atom. The van der Waals surface area contributed by atoms with E-state index in [2.05, 4.69) is 9.71 Å². The summed E-state index contributed by atoms with van der Waals surface area (Å²) in [6.07, 6.45) is 1.27. The minimum atomic E-state index is -3.68. The van der Waals surface area contributed by atoms with Gasteiger partial charge in [0.05, 0.1) is 12.8 Å². The van der Waals surface area contributed by atoms with Crippen LogP contribution in [0.15, 0.2) is 27.9 Å². The maximum absolute atomic E-state index is 12.0. The number of rotatable bonds is 5. The van der Waals surface area contributed by atoms with Crippen LogP contribution < -0.4 is 4.72 Å². The number of esters is 1. The first kappa shape index (κ1) is 14.5. The molecule has 7 nitrogen and oxygen atoms in total. The molecule has 0 bridgehead atoms. The SMILES string of the molecule is CCOC(=O)c1cnc(NS(=O)(=O)c2cccs2)n1C. The predicted molar refractivity (Wildman–Crippen MR) is 74.3 cm³/mol. The zero-order valence-corrected chi connectivity index (χ0v) is 12.5. The molecule has 1 N–H and O–H groups in total.